The molecule has 1 amide bonds. The number of thioether (sulfide) groups is 1. The van der Waals surface area contributed by atoms with Crippen LogP contribution in [0.2, 0.25) is 5.02 Å². The molecule has 1 aliphatic heterocycles. The molecule has 0 aliphatic carbocycles. The van der Waals surface area contributed by atoms with E-state index in [1.54, 1.807) is 24.0 Å². The van der Waals surface area contributed by atoms with Gasteiger partial charge in [0.2, 0.25) is 11.3 Å². The van der Waals surface area contributed by atoms with Crippen LogP contribution in [0, 0.1) is 0 Å². The number of para-hydroxylation sites is 1. The maximum atomic E-state index is 13.2. The van der Waals surface area contributed by atoms with Crippen LogP contribution in [0.3, 0.4) is 0 Å². The lowest BCUT2D eigenvalue weighted by atomic mass is 10.0. The van der Waals surface area contributed by atoms with Gasteiger partial charge < -0.3 is 14.2 Å². The van der Waals surface area contributed by atoms with E-state index < -0.39 is 0 Å². The van der Waals surface area contributed by atoms with Crippen molar-refractivity contribution in [1.29, 1.82) is 0 Å². The summed E-state index contributed by atoms with van der Waals surface area (Å²) in [5.41, 5.74) is 2.74. The van der Waals surface area contributed by atoms with E-state index in [1.807, 2.05) is 51.9 Å². The highest BCUT2D eigenvalue weighted by Crippen LogP contribution is 2.28. The van der Waals surface area contributed by atoms with E-state index in [9.17, 15) is 9.59 Å². The molecule has 7 heteroatoms. The van der Waals surface area contributed by atoms with Crippen LogP contribution in [0.15, 0.2) is 70.5 Å². The number of hydrogen-bond donors (Lipinski definition) is 0. The Morgan fingerprint density at radius 1 is 1.16 bits per heavy atom. The Kier molecular flexibility index (Phi) is 6.68. The molecule has 0 atom stereocenters. The van der Waals surface area contributed by atoms with Crippen molar-refractivity contribution < 1.29 is 9.53 Å². The number of carbonyl (C=O) groups excluding carboxylic acids is 1. The van der Waals surface area contributed by atoms with Gasteiger partial charge in [0.25, 0.3) is 0 Å². The highest BCUT2D eigenvalue weighted by Gasteiger charge is 2.23. The van der Waals surface area contributed by atoms with Gasteiger partial charge in [-0.25, -0.2) is 0 Å². The van der Waals surface area contributed by atoms with E-state index in [1.165, 1.54) is 12.7 Å². The fourth-order valence-electron chi connectivity index (χ4n) is 3.73. The lowest BCUT2D eigenvalue weighted by Crippen LogP contribution is -2.38. The molecule has 1 aliphatic rings. The number of methoxy groups -OCH3 is 1. The Labute approximate surface area is 190 Å². The van der Waals surface area contributed by atoms with E-state index in [4.69, 9.17) is 16.3 Å². The molecule has 0 fully saturated rings. The second-order valence-electron chi connectivity index (χ2n) is 7.35. The number of anilines is 1. The van der Waals surface area contributed by atoms with Crippen LogP contribution in [0.4, 0.5) is 5.69 Å². The van der Waals surface area contributed by atoms with Crippen LogP contribution in [0.1, 0.15) is 17.7 Å². The largest absolute Gasteiger partial charge is 0.491 e. The lowest BCUT2D eigenvalue weighted by molar-refractivity contribution is -0.119. The third kappa shape index (κ3) is 4.97. The average Bonchev–Trinajstić information content (AvgIpc) is 2.79. The number of amides is 1. The van der Waals surface area contributed by atoms with Crippen LogP contribution < -0.4 is 15.1 Å². The average molecular weight is 455 g/mol. The molecule has 0 saturated heterocycles. The Morgan fingerprint density at radius 3 is 2.71 bits per heavy atom. The molecular weight excluding hydrogens is 432 g/mol. The fourth-order valence-corrected chi connectivity index (χ4v) is 4.75. The Morgan fingerprint density at radius 2 is 1.94 bits per heavy atom. The van der Waals surface area contributed by atoms with Crippen molar-refractivity contribution in [3.8, 4) is 5.75 Å². The molecule has 1 aromatic heterocycles. The molecule has 4 rings (SSSR count). The van der Waals surface area contributed by atoms with Gasteiger partial charge in [-0.3, -0.25) is 9.59 Å². The van der Waals surface area contributed by atoms with Gasteiger partial charge in [-0.05, 0) is 48.7 Å². The zero-order valence-corrected chi connectivity index (χ0v) is 18.8. The van der Waals surface area contributed by atoms with Gasteiger partial charge >= 0.3 is 0 Å². The van der Waals surface area contributed by atoms with E-state index >= 15 is 0 Å². The number of nitrogens with zero attached hydrogens (tertiary/aromatic N) is 2. The molecule has 3 aromatic rings. The number of carbonyl (C=O) groups is 1. The van der Waals surface area contributed by atoms with Crippen LogP contribution in [0.25, 0.3) is 0 Å². The summed E-state index contributed by atoms with van der Waals surface area (Å²) >= 11 is 7.55. The second-order valence-corrected chi connectivity index (χ2v) is 8.83. The van der Waals surface area contributed by atoms with E-state index in [0.717, 1.165) is 29.1 Å². The van der Waals surface area contributed by atoms with E-state index in [-0.39, 0.29) is 23.6 Å². The van der Waals surface area contributed by atoms with Gasteiger partial charge in [-0.1, -0.05) is 29.8 Å². The zero-order chi connectivity index (χ0) is 21.8. The number of aromatic nitrogens is 1. The number of benzene rings is 2. The number of hydrogen-bond acceptors (Lipinski definition) is 4. The van der Waals surface area contributed by atoms with Crippen molar-refractivity contribution in [2.24, 2.45) is 0 Å². The van der Waals surface area contributed by atoms with Crippen LogP contribution in [0.5, 0.6) is 5.75 Å². The summed E-state index contributed by atoms with van der Waals surface area (Å²) in [4.78, 5) is 28.5. The first-order valence-electron chi connectivity index (χ1n) is 10.1. The number of fused-ring (bicyclic) bond motifs is 1. The molecule has 5 nitrogen and oxygen atoms in total. The first kappa shape index (κ1) is 21.5. The van der Waals surface area contributed by atoms with Crippen molar-refractivity contribution in [2.45, 2.75) is 30.0 Å². The molecule has 0 unspecified atom stereocenters. The minimum Gasteiger partial charge on any atom is -0.491 e. The lowest BCUT2D eigenvalue weighted by Gasteiger charge is -2.30. The van der Waals surface area contributed by atoms with Crippen LogP contribution >= 0.6 is 23.4 Å². The summed E-state index contributed by atoms with van der Waals surface area (Å²) in [7, 11) is 1.46. The SMILES string of the molecule is COc1cn(CC(=O)N2CCCc3ccccc32)c(CSc2ccc(Cl)cc2)cc1=O. The summed E-state index contributed by atoms with van der Waals surface area (Å²) in [5.74, 6) is 0.771. The van der Waals surface area contributed by atoms with Crippen molar-refractivity contribution >= 4 is 35.0 Å². The Balaban J connectivity index is 1.58. The van der Waals surface area contributed by atoms with Gasteiger partial charge in [0.1, 0.15) is 6.54 Å². The van der Waals surface area contributed by atoms with Crippen LogP contribution in [-0.2, 0) is 23.5 Å². The zero-order valence-electron chi connectivity index (χ0n) is 17.2. The van der Waals surface area contributed by atoms with Crippen molar-refractivity contribution in [1.82, 2.24) is 4.57 Å². The molecule has 2 aromatic carbocycles. The fraction of sp³-hybridized carbons (Fsp3) is 0.250. The normalized spacial score (nSPS) is 13.0. The number of pyridine rings is 1. The molecule has 0 saturated carbocycles. The number of halogens is 1. The molecule has 31 heavy (non-hydrogen) atoms. The predicted octanol–water partition coefficient (Wildman–Crippen LogP) is 4.78. The highest BCUT2D eigenvalue weighted by atomic mass is 35.5. The van der Waals surface area contributed by atoms with Crippen LogP contribution in [-0.4, -0.2) is 24.1 Å². The van der Waals surface area contributed by atoms with E-state index in [2.05, 4.69) is 6.07 Å². The molecule has 0 radical (unpaired) electrons. The monoisotopic (exact) mass is 454 g/mol. The predicted molar refractivity (Wildman–Crippen MR) is 125 cm³/mol. The molecule has 0 bridgehead atoms. The standard InChI is InChI=1S/C24H23ClN2O3S/c1-30-23-14-26(15-24(29)27-12-4-6-17-5-2-3-7-21(17)27)19(13-22(23)28)16-31-20-10-8-18(25)9-11-20/h2-3,5,7-11,13-14H,4,6,12,15-16H2,1H3. The van der Waals surface area contributed by atoms with Gasteiger partial charge in [-0.2, -0.15) is 0 Å². The Hall–Kier alpha value is -2.70. The smallest absolute Gasteiger partial charge is 0.246 e. The Bertz CT molecular complexity index is 1140. The first-order valence-corrected chi connectivity index (χ1v) is 11.5. The minimum atomic E-state index is -0.193. The molecule has 2 heterocycles. The van der Waals surface area contributed by atoms with Gasteiger partial charge in [0.15, 0.2) is 5.75 Å². The molecular formula is C24H23ClN2O3S. The minimum absolute atomic E-state index is 0.00408. The number of rotatable bonds is 6. The molecule has 0 N–H and O–H groups in total. The summed E-state index contributed by atoms with van der Waals surface area (Å²) in [6.45, 7) is 0.837. The number of ether oxygens (including phenoxy) is 1. The highest BCUT2D eigenvalue weighted by molar-refractivity contribution is 7.98. The van der Waals surface area contributed by atoms with Crippen molar-refractivity contribution in [2.75, 3.05) is 18.6 Å². The van der Waals surface area contributed by atoms with E-state index in [0.29, 0.717) is 17.3 Å². The summed E-state index contributed by atoms with van der Waals surface area (Å²) in [6, 6.07) is 17.1. The number of aryl methyl sites for hydroxylation is 1. The topological polar surface area (TPSA) is 51.5 Å². The van der Waals surface area contributed by atoms with Crippen molar-refractivity contribution in [3.63, 3.8) is 0 Å². The summed E-state index contributed by atoms with van der Waals surface area (Å²) in [6.07, 6.45) is 3.55. The second kappa shape index (κ2) is 9.62. The third-order valence-electron chi connectivity index (χ3n) is 5.32. The summed E-state index contributed by atoms with van der Waals surface area (Å²) < 4.78 is 7.04. The molecule has 0 spiro atoms. The first-order chi connectivity index (χ1) is 15.0. The third-order valence-corrected chi connectivity index (χ3v) is 6.62. The van der Waals surface area contributed by atoms with Gasteiger partial charge in [0, 0.05) is 39.7 Å². The van der Waals surface area contributed by atoms with Gasteiger partial charge in [0.05, 0.1) is 13.3 Å². The summed E-state index contributed by atoms with van der Waals surface area (Å²) in [5, 5.41) is 0.679. The quantitative estimate of drug-likeness (QED) is 0.503. The maximum absolute atomic E-state index is 13.2. The maximum Gasteiger partial charge on any atom is 0.246 e. The van der Waals surface area contributed by atoms with Crippen molar-refractivity contribution in [3.05, 3.63) is 87.3 Å². The molecule has 160 valence electrons. The van der Waals surface area contributed by atoms with Gasteiger partial charge in [-0.15, -0.1) is 11.8 Å².